The molecule has 204 valence electrons. The zero-order valence-electron chi connectivity index (χ0n) is 21.8. The zero-order valence-corrected chi connectivity index (χ0v) is 23.3. The fourth-order valence-corrected chi connectivity index (χ4v) is 5.09. The quantitative estimate of drug-likeness (QED) is 0.138. The van der Waals surface area contributed by atoms with E-state index in [-0.39, 0.29) is 17.9 Å². The maximum Gasteiger partial charge on any atom is 0.295 e. The topological polar surface area (TPSA) is 84.7 Å². The molecule has 0 bridgehead atoms. The van der Waals surface area contributed by atoms with E-state index in [0.29, 0.717) is 46.5 Å². The van der Waals surface area contributed by atoms with Gasteiger partial charge in [0, 0.05) is 31.0 Å². The number of likely N-dealkylation sites (tertiary alicyclic amines) is 1. The number of aliphatic hydroxyl groups is 1. The Hall–Kier alpha value is -4.07. The van der Waals surface area contributed by atoms with E-state index < -0.39 is 17.7 Å². The molecule has 2 heterocycles. The summed E-state index contributed by atoms with van der Waals surface area (Å²) in [7, 11) is 0. The van der Waals surface area contributed by atoms with Gasteiger partial charge in [-0.2, -0.15) is 0 Å². The van der Waals surface area contributed by atoms with E-state index in [9.17, 15) is 14.7 Å². The van der Waals surface area contributed by atoms with Crippen molar-refractivity contribution < 1.29 is 19.4 Å². The first-order valence-corrected chi connectivity index (χ1v) is 13.6. The molecule has 0 radical (unpaired) electrons. The molecule has 1 unspecified atom stereocenters. The Kier molecular flexibility index (Phi) is 8.24. The van der Waals surface area contributed by atoms with Crippen molar-refractivity contribution in [3.8, 4) is 5.75 Å². The minimum atomic E-state index is -0.825. The second-order valence-electron chi connectivity index (χ2n) is 9.56. The van der Waals surface area contributed by atoms with Gasteiger partial charge in [-0.05, 0) is 66.4 Å². The molecule has 1 N–H and O–H groups in total. The van der Waals surface area contributed by atoms with Crippen molar-refractivity contribution in [2.45, 2.75) is 32.5 Å². The van der Waals surface area contributed by atoms with Gasteiger partial charge >= 0.3 is 0 Å². The van der Waals surface area contributed by atoms with Gasteiger partial charge in [-0.1, -0.05) is 53.5 Å². The summed E-state index contributed by atoms with van der Waals surface area (Å²) in [6.07, 6.45) is 5.78. The van der Waals surface area contributed by atoms with Gasteiger partial charge in [0.1, 0.15) is 18.1 Å². The highest BCUT2D eigenvalue weighted by Crippen LogP contribution is 2.41. The van der Waals surface area contributed by atoms with Gasteiger partial charge in [0.2, 0.25) is 0 Å². The maximum atomic E-state index is 13.3. The van der Waals surface area contributed by atoms with Crippen molar-refractivity contribution >= 4 is 40.7 Å². The fourth-order valence-electron chi connectivity index (χ4n) is 4.78. The Bertz CT molecular complexity index is 1570. The molecule has 40 heavy (non-hydrogen) atoms. The maximum absolute atomic E-state index is 13.3. The number of imidazole rings is 1. The van der Waals surface area contributed by atoms with Crippen LogP contribution in [0, 0.1) is 6.92 Å². The number of aromatic nitrogens is 2. The smallest absolute Gasteiger partial charge is 0.295 e. The van der Waals surface area contributed by atoms with Crippen molar-refractivity contribution in [2.75, 3.05) is 6.54 Å². The van der Waals surface area contributed by atoms with E-state index in [1.807, 2.05) is 42.0 Å². The van der Waals surface area contributed by atoms with E-state index in [2.05, 4.69) is 4.98 Å². The molecule has 3 aromatic carbocycles. The molecule has 7 nitrogen and oxygen atoms in total. The minimum absolute atomic E-state index is 0.000372. The molecule has 0 saturated carbocycles. The molecule has 1 aliphatic heterocycles. The summed E-state index contributed by atoms with van der Waals surface area (Å²) in [5.41, 5.74) is 3.18. The molecular formula is C31H27Cl2N3O4. The highest BCUT2D eigenvalue weighted by molar-refractivity contribution is 6.46. The molecule has 1 aliphatic rings. The average molecular weight is 576 g/mol. The van der Waals surface area contributed by atoms with Crippen LogP contribution in [0.15, 0.2) is 91.0 Å². The number of nitrogens with zero attached hydrogens (tertiary/aromatic N) is 3. The van der Waals surface area contributed by atoms with Crippen molar-refractivity contribution in [1.82, 2.24) is 14.5 Å². The number of carbonyl (C=O) groups excluding carboxylic acids is 2. The summed E-state index contributed by atoms with van der Waals surface area (Å²) in [5.74, 6) is -1.09. The van der Waals surface area contributed by atoms with Crippen molar-refractivity contribution in [2.24, 2.45) is 0 Å². The van der Waals surface area contributed by atoms with E-state index >= 15 is 0 Å². The molecule has 0 aliphatic carbocycles. The van der Waals surface area contributed by atoms with Crippen LogP contribution in [0.5, 0.6) is 5.75 Å². The first kappa shape index (κ1) is 27.5. The highest BCUT2D eigenvalue weighted by Gasteiger charge is 2.45. The Morgan fingerprint density at radius 2 is 1.77 bits per heavy atom. The summed E-state index contributed by atoms with van der Waals surface area (Å²) in [6.45, 7) is 3.33. The lowest BCUT2D eigenvalue weighted by Crippen LogP contribution is -2.31. The van der Waals surface area contributed by atoms with E-state index in [0.717, 1.165) is 11.1 Å². The van der Waals surface area contributed by atoms with Gasteiger partial charge in [-0.15, -0.1) is 0 Å². The van der Waals surface area contributed by atoms with Crippen LogP contribution >= 0.6 is 23.2 Å². The minimum Gasteiger partial charge on any atom is -0.507 e. The van der Waals surface area contributed by atoms with Crippen molar-refractivity contribution in [3.63, 3.8) is 0 Å². The number of ether oxygens (including phenoxy) is 1. The zero-order chi connectivity index (χ0) is 28.2. The number of carbonyl (C=O) groups is 2. The molecule has 5 rings (SSSR count). The number of hydrogen-bond acceptors (Lipinski definition) is 5. The molecule has 1 atom stereocenters. The number of rotatable bonds is 9. The van der Waals surface area contributed by atoms with Crippen LogP contribution in [-0.2, 0) is 22.7 Å². The lowest BCUT2D eigenvalue weighted by atomic mass is 9.95. The molecular weight excluding hydrogens is 549 g/mol. The van der Waals surface area contributed by atoms with Gasteiger partial charge in [-0.3, -0.25) is 9.59 Å². The van der Waals surface area contributed by atoms with Gasteiger partial charge in [0.15, 0.2) is 0 Å². The SMILES string of the molecule is Cc1ccccc1COc1ccc(/C(O)=C2\C(=O)C(=O)N(CCCn3ccnc3)C2c2ccc(Cl)c(Cl)c2)cc1. The summed E-state index contributed by atoms with van der Waals surface area (Å²) in [4.78, 5) is 32.0. The number of amides is 1. The highest BCUT2D eigenvalue weighted by atomic mass is 35.5. The van der Waals surface area contributed by atoms with Crippen molar-refractivity contribution in [3.05, 3.63) is 123 Å². The first-order chi connectivity index (χ1) is 19.3. The van der Waals surface area contributed by atoms with Crippen LogP contribution in [0.3, 0.4) is 0 Å². The third-order valence-corrected chi connectivity index (χ3v) is 7.70. The summed E-state index contributed by atoms with van der Waals surface area (Å²) in [5, 5.41) is 12.0. The monoisotopic (exact) mass is 575 g/mol. The number of halogens is 2. The standard InChI is InChI=1S/C31H27Cl2N3O4/c1-20-5-2-3-6-23(20)18-40-24-10-7-21(8-11-24)29(37)27-28(22-9-12-25(32)26(33)17-22)36(31(39)30(27)38)15-4-14-35-16-13-34-19-35/h2-3,5-13,16-17,19,28,37H,4,14-15,18H2,1H3/b29-27+. The predicted molar refractivity (Wildman–Crippen MR) is 154 cm³/mol. The molecule has 4 aromatic rings. The lowest BCUT2D eigenvalue weighted by Gasteiger charge is -2.25. The van der Waals surface area contributed by atoms with Crippen LogP contribution in [0.1, 0.15) is 34.7 Å². The lowest BCUT2D eigenvalue weighted by molar-refractivity contribution is -0.139. The Balaban J connectivity index is 1.43. The average Bonchev–Trinajstić information content (AvgIpc) is 3.56. The second-order valence-corrected chi connectivity index (χ2v) is 10.4. The molecule has 1 fully saturated rings. The molecule has 1 amide bonds. The summed E-state index contributed by atoms with van der Waals surface area (Å²) >= 11 is 12.5. The normalized spacial score (nSPS) is 16.5. The first-order valence-electron chi connectivity index (χ1n) is 12.8. The largest absolute Gasteiger partial charge is 0.507 e. The number of hydrogen-bond donors (Lipinski definition) is 1. The van der Waals surface area contributed by atoms with Crippen LogP contribution in [0.4, 0.5) is 0 Å². The third kappa shape index (κ3) is 5.76. The van der Waals surface area contributed by atoms with Crippen molar-refractivity contribution in [1.29, 1.82) is 0 Å². The fraction of sp³-hybridized carbons (Fsp3) is 0.194. The number of aryl methyl sites for hydroxylation is 2. The molecule has 1 saturated heterocycles. The number of ketones is 1. The van der Waals surface area contributed by atoms with Gasteiger partial charge in [-0.25, -0.2) is 4.98 Å². The number of Topliss-reactive ketones (excluding diaryl/α,β-unsaturated/α-hetero) is 1. The van der Waals surface area contributed by atoms with Crippen LogP contribution in [0.2, 0.25) is 10.0 Å². The molecule has 9 heteroatoms. The predicted octanol–water partition coefficient (Wildman–Crippen LogP) is 6.59. The Morgan fingerprint density at radius 3 is 2.48 bits per heavy atom. The third-order valence-electron chi connectivity index (χ3n) is 6.96. The van der Waals surface area contributed by atoms with E-state index in [1.165, 1.54) is 4.90 Å². The Morgan fingerprint density at radius 1 is 1.00 bits per heavy atom. The number of aliphatic hydroxyl groups excluding tert-OH is 1. The van der Waals surface area contributed by atoms with Crippen LogP contribution in [0.25, 0.3) is 5.76 Å². The molecule has 1 aromatic heterocycles. The molecule has 0 spiro atoms. The second kappa shape index (κ2) is 12.0. The number of benzene rings is 3. The van der Waals surface area contributed by atoms with E-state index in [1.54, 1.807) is 55.0 Å². The van der Waals surface area contributed by atoms with Crippen LogP contribution < -0.4 is 4.74 Å². The van der Waals surface area contributed by atoms with Gasteiger partial charge in [0.05, 0.1) is 28.0 Å². The summed E-state index contributed by atoms with van der Waals surface area (Å²) < 4.78 is 7.81. The van der Waals surface area contributed by atoms with Crippen LogP contribution in [-0.4, -0.2) is 37.8 Å². The Labute approximate surface area is 242 Å². The van der Waals surface area contributed by atoms with Gasteiger partial charge in [0.25, 0.3) is 11.7 Å². The van der Waals surface area contributed by atoms with E-state index in [4.69, 9.17) is 27.9 Å². The van der Waals surface area contributed by atoms with Gasteiger partial charge < -0.3 is 19.3 Å². The summed E-state index contributed by atoms with van der Waals surface area (Å²) in [6, 6.07) is 18.9.